The van der Waals surface area contributed by atoms with E-state index in [9.17, 15) is 13.2 Å². The fourth-order valence-corrected chi connectivity index (χ4v) is 3.42. The van der Waals surface area contributed by atoms with Gasteiger partial charge in [0.2, 0.25) is 10.0 Å². The summed E-state index contributed by atoms with van der Waals surface area (Å²) >= 11 is 0. The maximum Gasteiger partial charge on any atom is 0.337 e. The number of rotatable bonds is 7. The van der Waals surface area contributed by atoms with Gasteiger partial charge in [0.25, 0.3) is 0 Å². The zero-order valence-electron chi connectivity index (χ0n) is 14.4. The Labute approximate surface area is 148 Å². The van der Waals surface area contributed by atoms with Crippen LogP contribution in [0.2, 0.25) is 0 Å². The van der Waals surface area contributed by atoms with Crippen molar-refractivity contribution in [3.8, 4) is 5.75 Å². The monoisotopic (exact) mass is 363 g/mol. The van der Waals surface area contributed by atoms with Crippen molar-refractivity contribution in [2.45, 2.75) is 18.4 Å². The number of sulfonamides is 1. The maximum absolute atomic E-state index is 12.6. The number of carbonyl (C=O) groups is 1. The minimum Gasteiger partial charge on any atom is -0.494 e. The lowest BCUT2D eigenvalue weighted by atomic mass is 10.1. The number of esters is 1. The van der Waals surface area contributed by atoms with Crippen molar-refractivity contribution in [3.63, 3.8) is 0 Å². The molecule has 0 saturated carbocycles. The van der Waals surface area contributed by atoms with Crippen molar-refractivity contribution < 1.29 is 22.7 Å². The van der Waals surface area contributed by atoms with E-state index in [0.717, 1.165) is 5.56 Å². The van der Waals surface area contributed by atoms with Crippen molar-refractivity contribution >= 4 is 16.0 Å². The summed E-state index contributed by atoms with van der Waals surface area (Å²) in [4.78, 5) is 11.6. The van der Waals surface area contributed by atoms with E-state index in [4.69, 9.17) is 4.74 Å². The molecule has 0 radical (unpaired) electrons. The maximum atomic E-state index is 12.6. The van der Waals surface area contributed by atoms with E-state index in [1.807, 2.05) is 6.92 Å². The molecule has 0 unspecified atom stereocenters. The summed E-state index contributed by atoms with van der Waals surface area (Å²) in [6, 6.07) is 12.9. The third-order valence-corrected chi connectivity index (χ3v) is 5.44. The fourth-order valence-electron chi connectivity index (χ4n) is 2.26. The van der Waals surface area contributed by atoms with Crippen LogP contribution in [0.4, 0.5) is 0 Å². The predicted octanol–water partition coefficient (Wildman–Crippen LogP) is 2.69. The molecule has 0 amide bonds. The molecule has 0 saturated heterocycles. The lowest BCUT2D eigenvalue weighted by Crippen LogP contribution is -2.26. The third-order valence-electron chi connectivity index (χ3n) is 3.62. The van der Waals surface area contributed by atoms with Crippen LogP contribution in [0.5, 0.6) is 5.75 Å². The van der Waals surface area contributed by atoms with E-state index in [1.165, 1.54) is 30.6 Å². The summed E-state index contributed by atoms with van der Waals surface area (Å²) in [5, 5.41) is 0. The minimum absolute atomic E-state index is 0.191. The van der Waals surface area contributed by atoms with Crippen LogP contribution in [-0.4, -0.2) is 39.5 Å². The second-order valence-electron chi connectivity index (χ2n) is 5.35. The normalized spacial score (nSPS) is 11.4. The van der Waals surface area contributed by atoms with E-state index in [0.29, 0.717) is 17.9 Å². The molecule has 0 fully saturated rings. The van der Waals surface area contributed by atoms with Crippen LogP contribution in [0, 0.1) is 0 Å². The number of hydrogen-bond donors (Lipinski definition) is 0. The topological polar surface area (TPSA) is 72.9 Å². The summed E-state index contributed by atoms with van der Waals surface area (Å²) in [5.41, 5.74) is 1.19. The molecular formula is C18H21NO5S. The van der Waals surface area contributed by atoms with Crippen molar-refractivity contribution in [2.24, 2.45) is 0 Å². The molecule has 134 valence electrons. The Morgan fingerprint density at radius 2 is 1.64 bits per heavy atom. The van der Waals surface area contributed by atoms with Gasteiger partial charge in [-0.15, -0.1) is 0 Å². The first-order valence-electron chi connectivity index (χ1n) is 7.75. The highest BCUT2D eigenvalue weighted by Gasteiger charge is 2.21. The smallest absolute Gasteiger partial charge is 0.337 e. The first kappa shape index (κ1) is 19.0. The number of carbonyl (C=O) groups excluding carboxylic acids is 1. The summed E-state index contributed by atoms with van der Waals surface area (Å²) < 4.78 is 36.5. The first-order valence-corrected chi connectivity index (χ1v) is 9.19. The summed E-state index contributed by atoms with van der Waals surface area (Å²) in [6.45, 7) is 2.58. The lowest BCUT2D eigenvalue weighted by molar-refractivity contribution is 0.0600. The molecule has 0 aliphatic rings. The standard InChI is InChI=1S/C18H21NO5S/c1-4-24-16-9-11-17(12-10-16)25(21,22)19(2)13-14-5-7-15(8-6-14)18(20)23-3/h5-12H,4,13H2,1-3H3. The van der Waals surface area contributed by atoms with Crippen LogP contribution in [0.3, 0.4) is 0 Å². The third kappa shape index (κ3) is 4.58. The van der Waals surface area contributed by atoms with Gasteiger partial charge in [0.05, 0.1) is 24.2 Å². The van der Waals surface area contributed by atoms with Gasteiger partial charge in [-0.2, -0.15) is 4.31 Å². The van der Waals surface area contributed by atoms with E-state index < -0.39 is 16.0 Å². The molecule has 6 nitrogen and oxygen atoms in total. The van der Waals surface area contributed by atoms with E-state index in [1.54, 1.807) is 36.4 Å². The molecule has 25 heavy (non-hydrogen) atoms. The van der Waals surface area contributed by atoms with Crippen LogP contribution >= 0.6 is 0 Å². The largest absolute Gasteiger partial charge is 0.494 e. The molecule has 0 N–H and O–H groups in total. The molecule has 0 aliphatic carbocycles. The molecule has 0 spiro atoms. The molecule has 7 heteroatoms. The Bertz CT molecular complexity index is 814. The van der Waals surface area contributed by atoms with Crippen molar-refractivity contribution in [3.05, 3.63) is 59.7 Å². The second-order valence-corrected chi connectivity index (χ2v) is 7.40. The van der Waals surface area contributed by atoms with E-state index in [-0.39, 0.29) is 11.4 Å². The zero-order valence-corrected chi connectivity index (χ0v) is 15.2. The quantitative estimate of drug-likeness (QED) is 0.707. The van der Waals surface area contributed by atoms with Gasteiger partial charge in [-0.3, -0.25) is 0 Å². The van der Waals surface area contributed by atoms with E-state index >= 15 is 0 Å². The average molecular weight is 363 g/mol. The van der Waals surface area contributed by atoms with Crippen molar-refractivity contribution in [1.29, 1.82) is 0 Å². The molecule has 2 aromatic rings. The van der Waals surface area contributed by atoms with Gasteiger partial charge in [0, 0.05) is 13.6 Å². The van der Waals surface area contributed by atoms with Crippen LogP contribution < -0.4 is 4.74 Å². The molecule has 0 atom stereocenters. The Balaban J connectivity index is 2.12. The Morgan fingerprint density at radius 1 is 1.04 bits per heavy atom. The molecule has 0 aliphatic heterocycles. The van der Waals surface area contributed by atoms with Gasteiger partial charge in [-0.25, -0.2) is 13.2 Å². The molecular weight excluding hydrogens is 342 g/mol. The number of benzene rings is 2. The average Bonchev–Trinajstić information content (AvgIpc) is 2.62. The summed E-state index contributed by atoms with van der Waals surface area (Å²) in [5.74, 6) is 0.199. The first-order chi connectivity index (χ1) is 11.9. The van der Waals surface area contributed by atoms with Crippen molar-refractivity contribution in [1.82, 2.24) is 4.31 Å². The number of hydrogen-bond acceptors (Lipinski definition) is 5. The molecule has 2 rings (SSSR count). The summed E-state index contributed by atoms with van der Waals surface area (Å²) in [6.07, 6.45) is 0. The van der Waals surface area contributed by atoms with Crippen LogP contribution in [0.1, 0.15) is 22.8 Å². The highest BCUT2D eigenvalue weighted by Crippen LogP contribution is 2.20. The number of methoxy groups -OCH3 is 1. The van der Waals surface area contributed by atoms with Crippen LogP contribution in [0.15, 0.2) is 53.4 Å². The van der Waals surface area contributed by atoms with Gasteiger partial charge in [0.1, 0.15) is 5.75 Å². The fraction of sp³-hybridized carbons (Fsp3) is 0.278. The van der Waals surface area contributed by atoms with E-state index in [2.05, 4.69) is 4.74 Å². The number of nitrogens with zero attached hydrogens (tertiary/aromatic N) is 1. The Morgan fingerprint density at radius 3 is 2.16 bits per heavy atom. The van der Waals surface area contributed by atoms with Gasteiger partial charge >= 0.3 is 5.97 Å². The lowest BCUT2D eigenvalue weighted by Gasteiger charge is -2.17. The predicted molar refractivity (Wildman–Crippen MR) is 94.0 cm³/mol. The molecule has 0 aromatic heterocycles. The van der Waals surface area contributed by atoms with Gasteiger partial charge < -0.3 is 9.47 Å². The van der Waals surface area contributed by atoms with Gasteiger partial charge in [0.15, 0.2) is 0 Å². The molecule has 0 bridgehead atoms. The number of ether oxygens (including phenoxy) is 2. The zero-order chi connectivity index (χ0) is 18.4. The van der Waals surface area contributed by atoms with Gasteiger partial charge in [-0.1, -0.05) is 12.1 Å². The summed E-state index contributed by atoms with van der Waals surface area (Å²) in [7, 11) is -0.787. The van der Waals surface area contributed by atoms with Gasteiger partial charge in [-0.05, 0) is 48.9 Å². The van der Waals surface area contributed by atoms with Crippen LogP contribution in [0.25, 0.3) is 0 Å². The highest BCUT2D eigenvalue weighted by atomic mass is 32.2. The van der Waals surface area contributed by atoms with Crippen molar-refractivity contribution in [2.75, 3.05) is 20.8 Å². The molecule has 0 heterocycles. The highest BCUT2D eigenvalue weighted by molar-refractivity contribution is 7.89. The Hall–Kier alpha value is -2.38. The second kappa shape index (κ2) is 8.13. The minimum atomic E-state index is -3.61. The SMILES string of the molecule is CCOc1ccc(S(=O)(=O)N(C)Cc2ccc(C(=O)OC)cc2)cc1. The Kier molecular flexibility index (Phi) is 6.17. The molecule has 2 aromatic carbocycles. The van der Waals surface area contributed by atoms with Crippen LogP contribution in [-0.2, 0) is 21.3 Å².